The average Bonchev–Trinajstić information content (AvgIpc) is 3.54. The lowest BCUT2D eigenvalue weighted by Gasteiger charge is -2.28. The van der Waals surface area contributed by atoms with Gasteiger partial charge in [0.25, 0.3) is 5.56 Å². The first-order valence-electron chi connectivity index (χ1n) is 20.6. The molecule has 0 spiro atoms. The zero-order valence-corrected chi connectivity index (χ0v) is 34.0. The maximum atomic E-state index is 14.1. The van der Waals surface area contributed by atoms with Crippen molar-refractivity contribution in [3.63, 3.8) is 0 Å². The first kappa shape index (κ1) is 45.4. The number of nitrogens with zero attached hydrogens (tertiary/aromatic N) is 1. The molecule has 1 saturated carbocycles. The zero-order chi connectivity index (χ0) is 43.4. The third-order valence-corrected chi connectivity index (χ3v) is 11.1. The number of ether oxygens (including phenoxy) is 1. The monoisotopic (exact) mass is 833 g/mol. The number of alkyl halides is 3. The number of rotatable bonds is 15. The Morgan fingerprint density at radius 3 is 2.12 bits per heavy atom. The number of aliphatic carboxylic acids is 1. The molecule has 1 fully saturated rings. The lowest BCUT2D eigenvalue weighted by atomic mass is 9.84. The molecule has 322 valence electrons. The van der Waals surface area contributed by atoms with Crippen LogP contribution in [0, 0.1) is 12.8 Å². The molecule has 3 aromatic carbocycles. The molecule has 0 saturated heterocycles. The second-order valence-electron chi connectivity index (χ2n) is 15.4. The van der Waals surface area contributed by atoms with Crippen LogP contribution in [0.15, 0.2) is 77.6 Å². The second kappa shape index (κ2) is 21.0. The number of aromatic nitrogens is 1. The number of carboxylic acid groups (broad SMARTS) is 1. The van der Waals surface area contributed by atoms with E-state index in [1.807, 2.05) is 56.3 Å². The lowest BCUT2D eigenvalue weighted by molar-refractivity contribution is -0.192. The molecule has 3 amide bonds. The Kier molecular flexibility index (Phi) is 15.9. The molecule has 2 aliphatic rings. The number of fused-ring (bicyclic) bond motifs is 4. The summed E-state index contributed by atoms with van der Waals surface area (Å²) in [6.07, 6.45) is 2.54. The van der Waals surface area contributed by atoms with Crippen LogP contribution in [0.3, 0.4) is 0 Å². The highest BCUT2D eigenvalue weighted by Gasteiger charge is 2.38. The first-order chi connectivity index (χ1) is 28.7. The fourth-order valence-electron chi connectivity index (χ4n) is 8.11. The predicted octanol–water partition coefficient (Wildman–Crippen LogP) is 7.78. The van der Waals surface area contributed by atoms with E-state index in [-0.39, 0.29) is 29.9 Å². The van der Waals surface area contributed by atoms with E-state index < -0.39 is 36.2 Å². The molecule has 1 heterocycles. The first-order valence-corrected chi connectivity index (χ1v) is 20.6. The van der Waals surface area contributed by atoms with Gasteiger partial charge in [-0.25, -0.2) is 9.59 Å². The quantitative estimate of drug-likeness (QED) is 0.0753. The largest absolute Gasteiger partial charge is 0.490 e. The number of carboxylic acids is 1. The minimum Gasteiger partial charge on any atom is -0.475 e. The summed E-state index contributed by atoms with van der Waals surface area (Å²) in [5.74, 6) is -3.37. The molecule has 0 bridgehead atoms. The number of aryl methyl sites for hydroxylation is 2. The number of unbranched alkanes of at least 4 members (excludes halogenated alkanes) is 1. The van der Waals surface area contributed by atoms with Gasteiger partial charge in [-0.15, -0.1) is 0 Å². The van der Waals surface area contributed by atoms with Gasteiger partial charge in [0, 0.05) is 29.6 Å². The van der Waals surface area contributed by atoms with Gasteiger partial charge in [-0.2, -0.15) is 13.2 Å². The van der Waals surface area contributed by atoms with Crippen LogP contribution in [-0.4, -0.2) is 65.0 Å². The number of nitrogens with one attached hydrogen (secondary N) is 3. The topological polar surface area (TPSA) is 182 Å². The fraction of sp³-hybridized carbons (Fsp3) is 0.444. The van der Waals surface area contributed by atoms with Crippen molar-refractivity contribution >= 4 is 40.5 Å². The molecule has 6 rings (SSSR count). The van der Waals surface area contributed by atoms with Crippen LogP contribution in [0.2, 0.25) is 0 Å². The van der Waals surface area contributed by atoms with E-state index in [9.17, 15) is 32.3 Å². The molecular formula is C45H54F3N5O7. The number of carbonyl (C=O) groups is 4. The summed E-state index contributed by atoms with van der Waals surface area (Å²) in [7, 11) is 0. The summed E-state index contributed by atoms with van der Waals surface area (Å²) in [5, 5.41) is 16.9. The third-order valence-electron chi connectivity index (χ3n) is 11.1. The molecule has 0 unspecified atom stereocenters. The maximum absolute atomic E-state index is 14.1. The van der Waals surface area contributed by atoms with Crippen LogP contribution in [0.25, 0.3) is 22.0 Å². The van der Waals surface area contributed by atoms with Crippen LogP contribution in [-0.2, 0) is 25.7 Å². The van der Waals surface area contributed by atoms with Gasteiger partial charge in [-0.3, -0.25) is 14.4 Å². The molecule has 0 radical (unpaired) electrons. The number of pyridine rings is 1. The van der Waals surface area contributed by atoms with Crippen LogP contribution in [0.5, 0.6) is 0 Å². The number of nitrogens with two attached hydrogens (primary N) is 1. The smallest absolute Gasteiger partial charge is 0.475 e. The maximum Gasteiger partial charge on any atom is 0.490 e. The van der Waals surface area contributed by atoms with E-state index in [0.29, 0.717) is 44.5 Å². The number of alkyl carbamates (subject to hydrolysis) is 1. The molecule has 60 heavy (non-hydrogen) atoms. The Hall–Kier alpha value is -5.70. The van der Waals surface area contributed by atoms with Crippen molar-refractivity contribution in [3.8, 4) is 11.1 Å². The Balaban J connectivity index is 0.000000896. The summed E-state index contributed by atoms with van der Waals surface area (Å²) >= 11 is 0. The number of carbonyl (C=O) groups excluding carboxylic acids is 3. The van der Waals surface area contributed by atoms with Crippen molar-refractivity contribution in [2.45, 2.75) is 109 Å². The summed E-state index contributed by atoms with van der Waals surface area (Å²) in [4.78, 5) is 63.1. The van der Waals surface area contributed by atoms with Gasteiger partial charge in [0.1, 0.15) is 18.7 Å². The summed E-state index contributed by atoms with van der Waals surface area (Å²) in [5.41, 5.74) is 12.4. The number of benzene rings is 3. The van der Waals surface area contributed by atoms with E-state index >= 15 is 0 Å². The standard InChI is InChI=1S/C43H53N5O5.C2HF3O2/c1-3-23-48-39-26-30(20-21-31(39)28(2)24-40(48)49)45-41(50)37(19-11-12-22-44)46-42(51)38(25-29-13-5-4-6-14-29)47-43(52)53-27-36-34-17-9-7-15-32(34)33-16-8-10-18-35(33)36;3-2(4,5)1(6)7/h7-10,15-18,20-21,24,26,29,36-38H,3-6,11-14,19,22-23,25,27,44H2,1-2H3,(H,45,50)(H,46,51)(H,47,52);(H,6,7)/t37-,38-;/m0./s1. The van der Waals surface area contributed by atoms with Gasteiger partial charge >= 0.3 is 18.2 Å². The summed E-state index contributed by atoms with van der Waals surface area (Å²) in [6.45, 7) is 5.09. The van der Waals surface area contributed by atoms with Crippen molar-refractivity contribution in [3.05, 3.63) is 99.8 Å². The van der Waals surface area contributed by atoms with Gasteiger partial charge in [-0.05, 0) is 91.4 Å². The number of amides is 3. The molecular weight excluding hydrogens is 780 g/mol. The lowest BCUT2D eigenvalue weighted by Crippen LogP contribution is -2.53. The second-order valence-corrected chi connectivity index (χ2v) is 15.4. The van der Waals surface area contributed by atoms with Crippen LogP contribution in [0.1, 0.15) is 93.7 Å². The van der Waals surface area contributed by atoms with Crippen molar-refractivity contribution in [1.82, 2.24) is 15.2 Å². The Labute approximate surface area is 347 Å². The number of hydrogen-bond donors (Lipinski definition) is 5. The van der Waals surface area contributed by atoms with Gasteiger partial charge in [0.05, 0.1) is 5.52 Å². The van der Waals surface area contributed by atoms with Crippen molar-refractivity contribution in [2.24, 2.45) is 11.7 Å². The predicted molar refractivity (Wildman–Crippen MR) is 224 cm³/mol. The minimum atomic E-state index is -5.08. The van der Waals surface area contributed by atoms with Gasteiger partial charge < -0.3 is 36.1 Å². The molecule has 2 atom stereocenters. The van der Waals surface area contributed by atoms with E-state index in [0.717, 1.165) is 70.8 Å². The van der Waals surface area contributed by atoms with Gasteiger partial charge in [0.15, 0.2) is 0 Å². The number of hydrogen-bond acceptors (Lipinski definition) is 7. The van der Waals surface area contributed by atoms with Crippen molar-refractivity contribution in [1.29, 1.82) is 0 Å². The minimum absolute atomic E-state index is 0.0832. The van der Waals surface area contributed by atoms with Gasteiger partial charge in [0.2, 0.25) is 11.8 Å². The molecule has 6 N–H and O–H groups in total. The van der Waals surface area contributed by atoms with E-state index in [2.05, 4.69) is 40.2 Å². The third kappa shape index (κ3) is 11.7. The molecule has 2 aliphatic carbocycles. The molecule has 12 nitrogen and oxygen atoms in total. The highest BCUT2D eigenvalue weighted by atomic mass is 19.4. The summed E-state index contributed by atoms with van der Waals surface area (Å²) in [6, 6.07) is 21.8. The summed E-state index contributed by atoms with van der Waals surface area (Å²) < 4.78 is 39.3. The molecule has 15 heteroatoms. The van der Waals surface area contributed by atoms with E-state index in [1.165, 1.54) is 6.42 Å². The average molecular weight is 834 g/mol. The Bertz CT molecular complexity index is 2160. The number of anilines is 1. The highest BCUT2D eigenvalue weighted by molar-refractivity contribution is 5.99. The zero-order valence-electron chi connectivity index (χ0n) is 34.0. The Morgan fingerprint density at radius 1 is 0.883 bits per heavy atom. The van der Waals surface area contributed by atoms with E-state index in [4.69, 9.17) is 20.4 Å². The molecule has 4 aromatic rings. The number of halogens is 3. The molecule has 1 aromatic heterocycles. The van der Waals surface area contributed by atoms with Gasteiger partial charge in [-0.1, -0.05) is 93.6 Å². The van der Waals surface area contributed by atoms with Crippen molar-refractivity contribution < 1.29 is 42.2 Å². The van der Waals surface area contributed by atoms with Crippen LogP contribution >= 0.6 is 0 Å². The normalized spacial score (nSPS) is 14.8. The molecule has 0 aliphatic heterocycles. The van der Waals surface area contributed by atoms with Crippen molar-refractivity contribution in [2.75, 3.05) is 18.5 Å². The van der Waals surface area contributed by atoms with E-state index in [1.54, 1.807) is 10.6 Å². The fourth-order valence-corrected chi connectivity index (χ4v) is 8.11. The highest BCUT2D eigenvalue weighted by Crippen LogP contribution is 2.44. The SMILES string of the molecule is CCCn1c(=O)cc(C)c2ccc(NC(=O)[C@H](CCCCN)NC(=O)[C@H](CC3CCCCC3)NC(=O)OCC3c4ccccc4-c4ccccc43)cc21.O=C(O)C(F)(F)F. The van der Waals surface area contributed by atoms with Crippen LogP contribution < -0.4 is 27.2 Å². The van der Waals surface area contributed by atoms with Crippen LogP contribution in [0.4, 0.5) is 23.7 Å². The Morgan fingerprint density at radius 2 is 1.52 bits per heavy atom.